The minimum absolute atomic E-state index is 0.0860. The largest absolute Gasteiger partial charge is 0.338 e. The van der Waals surface area contributed by atoms with Crippen LogP contribution in [-0.2, 0) is 30.1 Å². The highest BCUT2D eigenvalue weighted by molar-refractivity contribution is 7.91. The molecule has 1 aliphatic heterocycles. The quantitative estimate of drug-likeness (QED) is 0.660. The number of hydrogen-bond acceptors (Lipinski definition) is 5. The first-order chi connectivity index (χ1) is 14.9. The molecule has 1 aliphatic rings. The summed E-state index contributed by atoms with van der Waals surface area (Å²) in [6, 6.07) is 14.3. The first kappa shape index (κ1) is 24.4. The number of carbonyl (C=O) groups excluding carboxylic acids is 1. The second-order valence-electron chi connectivity index (χ2n) is 9.08. The molecule has 1 heterocycles. The zero-order valence-electron chi connectivity index (χ0n) is 18.6. The van der Waals surface area contributed by atoms with Crippen molar-refractivity contribution in [3.8, 4) is 0 Å². The van der Waals surface area contributed by atoms with Crippen molar-refractivity contribution in [1.82, 2.24) is 9.62 Å². The second-order valence-corrected chi connectivity index (χ2v) is 12.9. The van der Waals surface area contributed by atoms with Crippen LogP contribution in [0.2, 0.25) is 0 Å². The lowest BCUT2D eigenvalue weighted by atomic mass is 9.87. The summed E-state index contributed by atoms with van der Waals surface area (Å²) in [4.78, 5) is 14.5. The van der Waals surface area contributed by atoms with Gasteiger partial charge < -0.3 is 4.90 Å². The van der Waals surface area contributed by atoms with Crippen LogP contribution in [0.1, 0.15) is 39.2 Å². The SMILES string of the molecule is CC(C)(C)c1ccc(S(=O)(=O)NCC(=O)N2CCCC2CS(=O)(=O)c2ccccc2)cc1. The summed E-state index contributed by atoms with van der Waals surface area (Å²) in [6.07, 6.45) is 1.25. The third-order valence-electron chi connectivity index (χ3n) is 5.66. The summed E-state index contributed by atoms with van der Waals surface area (Å²) in [6.45, 7) is 6.12. The number of sulfonamides is 1. The Bertz CT molecular complexity index is 1150. The van der Waals surface area contributed by atoms with Crippen LogP contribution in [0.5, 0.6) is 0 Å². The molecular weight excluding hydrogens is 448 g/mol. The van der Waals surface area contributed by atoms with E-state index in [1.54, 1.807) is 30.3 Å². The van der Waals surface area contributed by atoms with Crippen LogP contribution >= 0.6 is 0 Å². The molecule has 0 radical (unpaired) electrons. The number of rotatable bonds is 7. The minimum Gasteiger partial charge on any atom is -0.338 e. The Kier molecular flexibility index (Phi) is 7.12. The molecule has 32 heavy (non-hydrogen) atoms. The van der Waals surface area contributed by atoms with Gasteiger partial charge in [-0.3, -0.25) is 4.79 Å². The number of benzene rings is 2. The molecule has 0 aromatic heterocycles. The maximum Gasteiger partial charge on any atom is 0.241 e. The molecule has 2 aromatic carbocycles. The van der Waals surface area contributed by atoms with Gasteiger partial charge in [0.15, 0.2) is 9.84 Å². The fraction of sp³-hybridized carbons (Fsp3) is 0.435. The molecule has 1 saturated heterocycles. The number of sulfone groups is 1. The summed E-state index contributed by atoms with van der Waals surface area (Å²) >= 11 is 0. The van der Waals surface area contributed by atoms with Gasteiger partial charge in [0.2, 0.25) is 15.9 Å². The van der Waals surface area contributed by atoms with Gasteiger partial charge in [-0.2, -0.15) is 0 Å². The maximum absolute atomic E-state index is 12.7. The predicted octanol–water partition coefficient (Wildman–Crippen LogP) is 2.73. The van der Waals surface area contributed by atoms with E-state index in [0.29, 0.717) is 19.4 Å². The lowest BCUT2D eigenvalue weighted by molar-refractivity contribution is -0.130. The molecular formula is C23H30N2O5S2. The molecule has 7 nitrogen and oxygen atoms in total. The van der Waals surface area contributed by atoms with Gasteiger partial charge in [0.25, 0.3) is 0 Å². The van der Waals surface area contributed by atoms with Crippen molar-refractivity contribution in [1.29, 1.82) is 0 Å². The standard InChI is InChI=1S/C23H30N2O5S2/c1-23(2,3)18-11-13-21(14-12-18)32(29,30)24-16-22(26)25-15-7-8-19(25)17-31(27,28)20-9-5-4-6-10-20/h4-6,9-14,19,24H,7-8,15-17H2,1-3H3. The molecule has 0 spiro atoms. The molecule has 9 heteroatoms. The lowest BCUT2D eigenvalue weighted by Gasteiger charge is -2.25. The Morgan fingerprint density at radius 1 is 0.969 bits per heavy atom. The fourth-order valence-electron chi connectivity index (χ4n) is 3.79. The van der Waals surface area contributed by atoms with E-state index < -0.39 is 38.4 Å². The topological polar surface area (TPSA) is 101 Å². The van der Waals surface area contributed by atoms with Crippen LogP contribution in [0.4, 0.5) is 0 Å². The second kappa shape index (κ2) is 9.33. The highest BCUT2D eigenvalue weighted by Crippen LogP contribution is 2.24. The highest BCUT2D eigenvalue weighted by atomic mass is 32.2. The summed E-state index contributed by atoms with van der Waals surface area (Å²) in [7, 11) is -7.40. The van der Waals surface area contributed by atoms with E-state index in [-0.39, 0.29) is 21.0 Å². The first-order valence-electron chi connectivity index (χ1n) is 10.6. The predicted molar refractivity (Wildman–Crippen MR) is 124 cm³/mol. The number of nitrogens with one attached hydrogen (secondary N) is 1. The van der Waals surface area contributed by atoms with Gasteiger partial charge in [-0.1, -0.05) is 51.1 Å². The van der Waals surface area contributed by atoms with Crippen molar-refractivity contribution in [2.45, 2.75) is 54.9 Å². The van der Waals surface area contributed by atoms with E-state index in [9.17, 15) is 21.6 Å². The zero-order chi connectivity index (χ0) is 23.6. The number of hydrogen-bond donors (Lipinski definition) is 1. The van der Waals surface area contributed by atoms with Crippen molar-refractivity contribution in [3.05, 3.63) is 60.2 Å². The molecule has 1 atom stereocenters. The van der Waals surface area contributed by atoms with Crippen molar-refractivity contribution in [2.24, 2.45) is 0 Å². The fourth-order valence-corrected chi connectivity index (χ4v) is 6.38. The van der Waals surface area contributed by atoms with Crippen LogP contribution in [0.3, 0.4) is 0 Å². The van der Waals surface area contributed by atoms with E-state index in [4.69, 9.17) is 0 Å². The minimum atomic E-state index is -3.86. The Hall–Kier alpha value is -2.23. The average Bonchev–Trinajstić information content (AvgIpc) is 3.19. The summed E-state index contributed by atoms with van der Waals surface area (Å²) in [5, 5.41) is 0. The van der Waals surface area contributed by atoms with Crippen LogP contribution in [0.15, 0.2) is 64.4 Å². The van der Waals surface area contributed by atoms with E-state index in [1.807, 2.05) is 20.8 Å². The van der Waals surface area contributed by atoms with Gasteiger partial charge >= 0.3 is 0 Å². The lowest BCUT2D eigenvalue weighted by Crippen LogP contribution is -2.44. The van der Waals surface area contributed by atoms with E-state index in [0.717, 1.165) is 5.56 Å². The van der Waals surface area contributed by atoms with Gasteiger partial charge in [0, 0.05) is 12.6 Å². The van der Waals surface area contributed by atoms with Crippen molar-refractivity contribution in [2.75, 3.05) is 18.8 Å². The van der Waals surface area contributed by atoms with E-state index >= 15 is 0 Å². The molecule has 174 valence electrons. The van der Waals surface area contributed by atoms with Gasteiger partial charge in [0.05, 0.1) is 22.1 Å². The number of amides is 1. The molecule has 0 saturated carbocycles. The zero-order valence-corrected chi connectivity index (χ0v) is 20.2. The highest BCUT2D eigenvalue weighted by Gasteiger charge is 2.33. The molecule has 2 aromatic rings. The molecule has 1 N–H and O–H groups in total. The summed E-state index contributed by atoms with van der Waals surface area (Å²) < 4.78 is 53.0. The maximum atomic E-state index is 12.7. The Balaban J connectivity index is 1.64. The van der Waals surface area contributed by atoms with E-state index in [1.165, 1.54) is 29.2 Å². The number of nitrogens with zero attached hydrogens (tertiary/aromatic N) is 1. The van der Waals surface area contributed by atoms with Crippen LogP contribution < -0.4 is 4.72 Å². The average molecular weight is 479 g/mol. The first-order valence-corrected chi connectivity index (χ1v) is 13.7. The van der Waals surface area contributed by atoms with Crippen molar-refractivity contribution >= 4 is 25.8 Å². The Morgan fingerprint density at radius 3 is 2.19 bits per heavy atom. The molecule has 3 rings (SSSR count). The van der Waals surface area contributed by atoms with Gasteiger partial charge in [-0.15, -0.1) is 0 Å². The summed E-state index contributed by atoms with van der Waals surface area (Å²) in [5.41, 5.74) is 0.906. The number of carbonyl (C=O) groups is 1. The van der Waals surface area contributed by atoms with Crippen molar-refractivity contribution < 1.29 is 21.6 Å². The number of likely N-dealkylation sites (tertiary alicyclic amines) is 1. The smallest absolute Gasteiger partial charge is 0.241 e. The monoisotopic (exact) mass is 478 g/mol. The molecule has 0 bridgehead atoms. The molecule has 0 aliphatic carbocycles. The molecule has 1 amide bonds. The third-order valence-corrected chi connectivity index (χ3v) is 8.89. The third kappa shape index (κ3) is 5.76. The molecule has 1 fully saturated rings. The van der Waals surface area contributed by atoms with Gasteiger partial charge in [-0.25, -0.2) is 21.6 Å². The van der Waals surface area contributed by atoms with Crippen LogP contribution in [0.25, 0.3) is 0 Å². The van der Waals surface area contributed by atoms with Crippen LogP contribution in [0, 0.1) is 0 Å². The normalized spacial score (nSPS) is 17.5. The van der Waals surface area contributed by atoms with Crippen LogP contribution in [-0.4, -0.2) is 52.5 Å². The summed E-state index contributed by atoms with van der Waals surface area (Å²) in [5.74, 6) is -0.602. The Morgan fingerprint density at radius 2 is 1.59 bits per heavy atom. The molecule has 1 unspecified atom stereocenters. The van der Waals surface area contributed by atoms with Gasteiger partial charge in [0.1, 0.15) is 0 Å². The van der Waals surface area contributed by atoms with E-state index in [2.05, 4.69) is 4.72 Å². The van der Waals surface area contributed by atoms with Gasteiger partial charge in [-0.05, 0) is 48.1 Å². The van der Waals surface area contributed by atoms with Crippen molar-refractivity contribution in [3.63, 3.8) is 0 Å². The Labute approximate surface area is 190 Å².